The van der Waals surface area contributed by atoms with Gasteiger partial charge < -0.3 is 15.2 Å². The lowest BCUT2D eigenvalue weighted by molar-refractivity contribution is 0.0692. The van der Waals surface area contributed by atoms with Crippen LogP contribution in [0.1, 0.15) is 28.4 Å². The van der Waals surface area contributed by atoms with E-state index >= 15 is 0 Å². The minimum Gasteiger partial charge on any atom is -0.493 e. The number of anilines is 1. The molecular weight excluding hydrogens is 398 g/mol. The molecule has 3 aromatic rings. The van der Waals surface area contributed by atoms with Crippen molar-refractivity contribution in [2.24, 2.45) is 0 Å². The number of aryl methyl sites for hydroxylation is 1. The fourth-order valence-electron chi connectivity index (χ4n) is 3.48. The van der Waals surface area contributed by atoms with E-state index in [4.69, 9.17) is 4.74 Å². The second kappa shape index (κ2) is 9.17. The lowest BCUT2D eigenvalue weighted by Crippen LogP contribution is -2.07. The highest BCUT2D eigenvalue weighted by molar-refractivity contribution is 7.99. The van der Waals surface area contributed by atoms with Crippen LogP contribution in [0.4, 0.5) is 5.82 Å². The number of aromatic nitrogens is 2. The van der Waals surface area contributed by atoms with Crippen molar-refractivity contribution >= 4 is 23.5 Å². The Morgan fingerprint density at radius 3 is 2.93 bits per heavy atom. The van der Waals surface area contributed by atoms with E-state index < -0.39 is 5.97 Å². The molecule has 4 rings (SSSR count). The molecule has 2 heterocycles. The summed E-state index contributed by atoms with van der Waals surface area (Å²) >= 11 is 1.93. The summed E-state index contributed by atoms with van der Waals surface area (Å²) in [4.78, 5) is 21.4. The van der Waals surface area contributed by atoms with Crippen LogP contribution in [0.25, 0.3) is 11.3 Å². The number of nitrogens with zero attached hydrogens (tertiary/aromatic N) is 2. The van der Waals surface area contributed by atoms with Gasteiger partial charge in [-0.05, 0) is 49.1 Å². The summed E-state index contributed by atoms with van der Waals surface area (Å²) in [5.74, 6) is 1.24. The van der Waals surface area contributed by atoms with Crippen molar-refractivity contribution < 1.29 is 14.6 Å². The van der Waals surface area contributed by atoms with E-state index in [2.05, 4.69) is 33.5 Å². The van der Waals surface area contributed by atoms with Crippen LogP contribution in [0.2, 0.25) is 0 Å². The first-order chi connectivity index (χ1) is 14.6. The van der Waals surface area contributed by atoms with Crippen molar-refractivity contribution in [3.63, 3.8) is 0 Å². The van der Waals surface area contributed by atoms with Crippen LogP contribution in [0, 0.1) is 0 Å². The molecule has 1 aliphatic heterocycles. The molecule has 6 nitrogen and oxygen atoms in total. The number of carbonyl (C=O) groups is 1. The Kier molecular flexibility index (Phi) is 6.18. The maximum absolute atomic E-state index is 11.4. The van der Waals surface area contributed by atoms with E-state index in [0.29, 0.717) is 18.1 Å². The SMILES string of the molecule is CCOc1cc(-c2cc(NCCc3ccc4c(c3)CCS4)ncn2)ccc1C(=O)O. The summed E-state index contributed by atoms with van der Waals surface area (Å²) in [5.41, 5.74) is 4.41. The second-order valence-electron chi connectivity index (χ2n) is 6.95. The van der Waals surface area contributed by atoms with Crippen molar-refractivity contribution in [1.29, 1.82) is 0 Å². The van der Waals surface area contributed by atoms with E-state index in [-0.39, 0.29) is 5.56 Å². The molecule has 2 N–H and O–H groups in total. The van der Waals surface area contributed by atoms with Crippen LogP contribution < -0.4 is 10.1 Å². The summed E-state index contributed by atoms with van der Waals surface area (Å²) in [7, 11) is 0. The number of carboxylic acids is 1. The Morgan fingerprint density at radius 2 is 2.10 bits per heavy atom. The van der Waals surface area contributed by atoms with Gasteiger partial charge in [-0.2, -0.15) is 0 Å². The Balaban J connectivity index is 1.45. The van der Waals surface area contributed by atoms with E-state index in [9.17, 15) is 9.90 Å². The van der Waals surface area contributed by atoms with Gasteiger partial charge in [-0.1, -0.05) is 18.2 Å². The molecule has 0 saturated heterocycles. The number of rotatable bonds is 8. The highest BCUT2D eigenvalue weighted by Crippen LogP contribution is 2.32. The predicted molar refractivity (Wildman–Crippen MR) is 119 cm³/mol. The maximum atomic E-state index is 11.4. The number of benzene rings is 2. The molecule has 0 fully saturated rings. The standard InChI is InChI=1S/C23H23N3O3S/c1-2-29-20-12-16(4-5-18(20)23(27)28)19-13-22(26-14-25-19)24-9-7-15-3-6-21-17(11-15)8-10-30-21/h3-6,11-14H,2,7-10H2,1H3,(H,27,28)(H,24,25,26). The summed E-state index contributed by atoms with van der Waals surface area (Å²) < 4.78 is 5.49. The monoisotopic (exact) mass is 421 g/mol. The van der Waals surface area contributed by atoms with Crippen LogP contribution in [-0.4, -0.2) is 39.9 Å². The normalized spacial score (nSPS) is 12.4. The van der Waals surface area contributed by atoms with Gasteiger partial charge in [0.05, 0.1) is 12.3 Å². The van der Waals surface area contributed by atoms with Crippen LogP contribution >= 0.6 is 11.8 Å². The highest BCUT2D eigenvalue weighted by Gasteiger charge is 2.14. The molecule has 0 spiro atoms. The van der Waals surface area contributed by atoms with Crippen molar-refractivity contribution in [1.82, 2.24) is 9.97 Å². The number of thioether (sulfide) groups is 1. The molecular formula is C23H23N3O3S. The predicted octanol–water partition coefficient (Wildman–Crippen LogP) is 4.54. The lowest BCUT2D eigenvalue weighted by atomic mass is 10.1. The summed E-state index contributed by atoms with van der Waals surface area (Å²) in [6.07, 6.45) is 3.58. The second-order valence-corrected chi connectivity index (χ2v) is 8.09. The van der Waals surface area contributed by atoms with Crippen LogP contribution in [0.5, 0.6) is 5.75 Å². The first-order valence-electron chi connectivity index (χ1n) is 9.95. The molecule has 0 radical (unpaired) electrons. The number of fused-ring (bicyclic) bond motifs is 1. The van der Waals surface area contributed by atoms with E-state index in [0.717, 1.165) is 30.8 Å². The number of hydrogen-bond acceptors (Lipinski definition) is 6. The Labute approximate surface area is 179 Å². The van der Waals surface area contributed by atoms with E-state index in [1.54, 1.807) is 18.2 Å². The minimum atomic E-state index is -1.01. The largest absolute Gasteiger partial charge is 0.493 e. The van der Waals surface area contributed by atoms with Crippen LogP contribution in [0.3, 0.4) is 0 Å². The van der Waals surface area contributed by atoms with Crippen LogP contribution in [0.15, 0.2) is 53.7 Å². The van der Waals surface area contributed by atoms with Gasteiger partial charge >= 0.3 is 5.97 Å². The molecule has 0 aliphatic carbocycles. The van der Waals surface area contributed by atoms with Gasteiger partial charge in [0.15, 0.2) is 0 Å². The maximum Gasteiger partial charge on any atom is 0.339 e. The average molecular weight is 422 g/mol. The van der Waals surface area contributed by atoms with Crippen molar-refractivity contribution in [2.45, 2.75) is 24.7 Å². The first kappa shape index (κ1) is 20.2. The number of nitrogens with one attached hydrogen (secondary N) is 1. The number of carboxylic acid groups (broad SMARTS) is 1. The van der Waals surface area contributed by atoms with Gasteiger partial charge in [0.25, 0.3) is 0 Å². The third-order valence-electron chi connectivity index (χ3n) is 4.95. The molecule has 0 unspecified atom stereocenters. The molecule has 1 aromatic heterocycles. The van der Waals surface area contributed by atoms with Gasteiger partial charge in [0.1, 0.15) is 23.5 Å². The van der Waals surface area contributed by atoms with Gasteiger partial charge in [0.2, 0.25) is 0 Å². The van der Waals surface area contributed by atoms with Gasteiger partial charge in [0, 0.05) is 28.8 Å². The molecule has 0 saturated carbocycles. The van der Waals surface area contributed by atoms with E-state index in [1.165, 1.54) is 28.1 Å². The summed E-state index contributed by atoms with van der Waals surface area (Å²) in [6, 6.07) is 13.6. The summed E-state index contributed by atoms with van der Waals surface area (Å²) in [6.45, 7) is 2.98. The minimum absolute atomic E-state index is 0.140. The molecule has 0 atom stereocenters. The molecule has 30 heavy (non-hydrogen) atoms. The topological polar surface area (TPSA) is 84.3 Å². The van der Waals surface area contributed by atoms with Gasteiger partial charge in [-0.15, -0.1) is 11.8 Å². The number of ether oxygens (including phenoxy) is 1. The quantitative estimate of drug-likeness (QED) is 0.552. The van der Waals surface area contributed by atoms with Crippen molar-refractivity contribution in [2.75, 3.05) is 24.2 Å². The number of hydrogen-bond donors (Lipinski definition) is 2. The zero-order valence-electron chi connectivity index (χ0n) is 16.7. The average Bonchev–Trinajstić information content (AvgIpc) is 3.22. The fourth-order valence-corrected chi connectivity index (χ4v) is 4.53. The van der Waals surface area contributed by atoms with Crippen molar-refractivity contribution in [3.05, 3.63) is 65.5 Å². The Bertz CT molecular complexity index is 1070. The zero-order chi connectivity index (χ0) is 20.9. The fraction of sp³-hybridized carbons (Fsp3) is 0.261. The zero-order valence-corrected chi connectivity index (χ0v) is 17.5. The molecule has 7 heteroatoms. The first-order valence-corrected chi connectivity index (χ1v) is 10.9. The molecule has 1 aliphatic rings. The smallest absolute Gasteiger partial charge is 0.339 e. The van der Waals surface area contributed by atoms with Gasteiger partial charge in [-0.3, -0.25) is 0 Å². The van der Waals surface area contributed by atoms with Crippen molar-refractivity contribution in [3.8, 4) is 17.0 Å². The van der Waals surface area contributed by atoms with Gasteiger partial charge in [-0.25, -0.2) is 14.8 Å². The number of aromatic carboxylic acids is 1. The van der Waals surface area contributed by atoms with Crippen LogP contribution in [-0.2, 0) is 12.8 Å². The third kappa shape index (κ3) is 4.57. The highest BCUT2D eigenvalue weighted by atomic mass is 32.2. The molecule has 154 valence electrons. The molecule has 0 amide bonds. The lowest BCUT2D eigenvalue weighted by Gasteiger charge is -2.11. The Morgan fingerprint density at radius 1 is 1.20 bits per heavy atom. The Hall–Kier alpha value is -3.06. The molecule has 0 bridgehead atoms. The molecule has 2 aromatic carbocycles. The summed E-state index contributed by atoms with van der Waals surface area (Å²) in [5, 5.41) is 12.7. The van der Waals surface area contributed by atoms with E-state index in [1.807, 2.05) is 24.8 Å². The third-order valence-corrected chi connectivity index (χ3v) is 6.07.